The number of hydrogen-bond donors (Lipinski definition) is 3. The second kappa shape index (κ2) is 9.61. The lowest BCUT2D eigenvalue weighted by Crippen LogP contribution is -2.41. The molecule has 168 valence electrons. The summed E-state index contributed by atoms with van der Waals surface area (Å²) in [6.07, 6.45) is 0.0562. The van der Waals surface area contributed by atoms with Gasteiger partial charge in [-0.15, -0.1) is 0 Å². The summed E-state index contributed by atoms with van der Waals surface area (Å²) in [5.74, 6) is -1.79. The molecule has 33 heavy (non-hydrogen) atoms. The number of thiazole rings is 1. The number of rotatable bonds is 6. The van der Waals surface area contributed by atoms with Gasteiger partial charge in [0, 0.05) is 6.42 Å². The standard InChI is InChI=1S/C23H20N4O5S/c1-32-22(31)18-19(13-7-3-2-4-8-13)33-23(27-18)26-17(28)12-11-16-21(30)24-15-10-6-5-9-14(15)20(29)25-16/h2-10,16H,11-12H2,1H3,(H,24,30)(H,25,29)(H,26,27,28). The van der Waals surface area contributed by atoms with Gasteiger partial charge in [-0.25, -0.2) is 9.78 Å². The van der Waals surface area contributed by atoms with E-state index in [2.05, 4.69) is 20.9 Å². The Morgan fingerprint density at radius 2 is 1.82 bits per heavy atom. The summed E-state index contributed by atoms with van der Waals surface area (Å²) in [7, 11) is 1.26. The van der Waals surface area contributed by atoms with E-state index in [9.17, 15) is 19.2 Å². The van der Waals surface area contributed by atoms with Crippen molar-refractivity contribution in [2.24, 2.45) is 0 Å². The number of ether oxygens (including phenoxy) is 1. The van der Waals surface area contributed by atoms with Gasteiger partial charge < -0.3 is 20.7 Å². The summed E-state index contributed by atoms with van der Waals surface area (Å²) in [4.78, 5) is 54.4. The van der Waals surface area contributed by atoms with E-state index < -0.39 is 23.8 Å². The summed E-state index contributed by atoms with van der Waals surface area (Å²) < 4.78 is 4.81. The molecule has 0 radical (unpaired) electrons. The van der Waals surface area contributed by atoms with Gasteiger partial charge in [0.25, 0.3) is 5.91 Å². The molecule has 2 aromatic carbocycles. The number of esters is 1. The maximum absolute atomic E-state index is 12.5. The molecule has 0 saturated heterocycles. The number of carbonyl (C=O) groups is 4. The number of para-hydroxylation sites is 1. The van der Waals surface area contributed by atoms with Crippen LogP contribution in [0.1, 0.15) is 33.7 Å². The Bertz CT molecular complexity index is 1220. The van der Waals surface area contributed by atoms with Crippen molar-refractivity contribution in [3.05, 3.63) is 65.9 Å². The quantitative estimate of drug-likeness (QED) is 0.481. The Balaban J connectivity index is 1.43. The van der Waals surface area contributed by atoms with Crippen molar-refractivity contribution in [1.29, 1.82) is 0 Å². The van der Waals surface area contributed by atoms with E-state index in [1.807, 2.05) is 30.3 Å². The summed E-state index contributed by atoms with van der Waals surface area (Å²) >= 11 is 1.15. The topological polar surface area (TPSA) is 126 Å². The average Bonchev–Trinajstić information content (AvgIpc) is 3.20. The molecule has 3 aromatic rings. The second-order valence-electron chi connectivity index (χ2n) is 7.20. The van der Waals surface area contributed by atoms with Crippen LogP contribution >= 0.6 is 11.3 Å². The first-order chi connectivity index (χ1) is 16.0. The summed E-state index contributed by atoms with van der Waals surface area (Å²) in [5, 5.41) is 8.27. The lowest BCUT2D eigenvalue weighted by Gasteiger charge is -2.13. The normalized spacial score (nSPS) is 15.0. The van der Waals surface area contributed by atoms with Crippen molar-refractivity contribution in [2.75, 3.05) is 17.7 Å². The molecule has 3 amide bonds. The number of aromatic nitrogens is 1. The molecule has 0 spiro atoms. The number of hydrogen-bond acceptors (Lipinski definition) is 7. The number of benzene rings is 2. The van der Waals surface area contributed by atoms with Crippen molar-refractivity contribution < 1.29 is 23.9 Å². The second-order valence-corrected chi connectivity index (χ2v) is 8.20. The number of nitrogens with one attached hydrogen (secondary N) is 3. The van der Waals surface area contributed by atoms with Crippen LogP contribution in [0.5, 0.6) is 0 Å². The number of carbonyl (C=O) groups excluding carboxylic acids is 4. The zero-order chi connectivity index (χ0) is 23.4. The van der Waals surface area contributed by atoms with Crippen LogP contribution in [0, 0.1) is 0 Å². The third-order valence-electron chi connectivity index (χ3n) is 5.00. The van der Waals surface area contributed by atoms with Crippen LogP contribution in [0.3, 0.4) is 0 Å². The number of fused-ring (bicyclic) bond motifs is 1. The Morgan fingerprint density at radius 1 is 1.09 bits per heavy atom. The highest BCUT2D eigenvalue weighted by molar-refractivity contribution is 7.19. The van der Waals surface area contributed by atoms with Gasteiger partial charge in [0.2, 0.25) is 11.8 Å². The summed E-state index contributed by atoms with van der Waals surface area (Å²) in [6.45, 7) is 0. The molecule has 1 aliphatic heterocycles. The molecule has 4 rings (SSSR count). The van der Waals surface area contributed by atoms with E-state index in [1.54, 1.807) is 24.3 Å². The minimum Gasteiger partial charge on any atom is -0.464 e. The molecule has 0 bridgehead atoms. The number of nitrogens with zero attached hydrogens (tertiary/aromatic N) is 1. The molecule has 1 unspecified atom stereocenters. The third kappa shape index (κ3) is 4.90. The molecule has 1 aromatic heterocycles. The van der Waals surface area contributed by atoms with Gasteiger partial charge in [-0.1, -0.05) is 53.8 Å². The van der Waals surface area contributed by atoms with Crippen molar-refractivity contribution in [3.8, 4) is 10.4 Å². The molecule has 9 nitrogen and oxygen atoms in total. The molecule has 2 heterocycles. The van der Waals surface area contributed by atoms with Crippen LogP contribution in [0.4, 0.5) is 10.8 Å². The largest absolute Gasteiger partial charge is 0.464 e. The molecule has 1 atom stereocenters. The monoisotopic (exact) mass is 464 g/mol. The molecular formula is C23H20N4O5S. The SMILES string of the molecule is COC(=O)c1nc(NC(=O)CCC2NC(=O)c3ccccc3NC2=O)sc1-c1ccccc1. The number of anilines is 2. The highest BCUT2D eigenvalue weighted by Gasteiger charge is 2.28. The van der Waals surface area contributed by atoms with Gasteiger partial charge in [-0.2, -0.15) is 0 Å². The minimum atomic E-state index is -0.863. The Hall–Kier alpha value is -4.05. The van der Waals surface area contributed by atoms with E-state index in [1.165, 1.54) is 7.11 Å². The zero-order valence-electron chi connectivity index (χ0n) is 17.6. The number of amides is 3. The lowest BCUT2D eigenvalue weighted by molar-refractivity contribution is -0.118. The van der Waals surface area contributed by atoms with Gasteiger partial charge in [0.15, 0.2) is 10.8 Å². The van der Waals surface area contributed by atoms with Crippen molar-refractivity contribution >= 4 is 45.8 Å². The molecule has 0 aliphatic carbocycles. The van der Waals surface area contributed by atoms with E-state index in [-0.39, 0.29) is 29.6 Å². The van der Waals surface area contributed by atoms with Crippen LogP contribution in [-0.4, -0.2) is 41.8 Å². The average molecular weight is 465 g/mol. The van der Waals surface area contributed by atoms with Crippen LogP contribution in [0.15, 0.2) is 54.6 Å². The van der Waals surface area contributed by atoms with Crippen molar-refractivity contribution in [1.82, 2.24) is 10.3 Å². The Kier molecular flexibility index (Phi) is 6.45. The van der Waals surface area contributed by atoms with Gasteiger partial charge >= 0.3 is 5.97 Å². The molecule has 10 heteroatoms. The van der Waals surface area contributed by atoms with Crippen LogP contribution in [-0.2, 0) is 14.3 Å². The van der Waals surface area contributed by atoms with E-state index >= 15 is 0 Å². The maximum Gasteiger partial charge on any atom is 0.358 e. The Morgan fingerprint density at radius 3 is 2.58 bits per heavy atom. The van der Waals surface area contributed by atoms with Crippen molar-refractivity contribution in [2.45, 2.75) is 18.9 Å². The van der Waals surface area contributed by atoms with Gasteiger partial charge in [0.05, 0.1) is 23.2 Å². The predicted molar refractivity (Wildman–Crippen MR) is 123 cm³/mol. The molecule has 1 aliphatic rings. The fourth-order valence-corrected chi connectivity index (χ4v) is 4.34. The fraction of sp³-hybridized carbons (Fsp3) is 0.174. The van der Waals surface area contributed by atoms with Gasteiger partial charge in [-0.3, -0.25) is 14.4 Å². The van der Waals surface area contributed by atoms with E-state index in [0.29, 0.717) is 16.1 Å². The molecule has 3 N–H and O–H groups in total. The predicted octanol–water partition coefficient (Wildman–Crippen LogP) is 3.07. The zero-order valence-corrected chi connectivity index (χ0v) is 18.4. The van der Waals surface area contributed by atoms with E-state index in [0.717, 1.165) is 16.9 Å². The lowest BCUT2D eigenvalue weighted by atomic mass is 10.1. The van der Waals surface area contributed by atoms with Crippen LogP contribution in [0.2, 0.25) is 0 Å². The highest BCUT2D eigenvalue weighted by atomic mass is 32.1. The maximum atomic E-state index is 12.5. The first-order valence-electron chi connectivity index (χ1n) is 10.1. The smallest absolute Gasteiger partial charge is 0.358 e. The molecule has 0 fully saturated rings. The van der Waals surface area contributed by atoms with Crippen molar-refractivity contribution in [3.63, 3.8) is 0 Å². The van der Waals surface area contributed by atoms with E-state index in [4.69, 9.17) is 4.74 Å². The number of methoxy groups -OCH3 is 1. The first kappa shape index (κ1) is 22.2. The third-order valence-corrected chi connectivity index (χ3v) is 6.02. The molecular weight excluding hydrogens is 444 g/mol. The van der Waals surface area contributed by atoms with Crippen LogP contribution in [0.25, 0.3) is 10.4 Å². The Labute approximate surface area is 193 Å². The minimum absolute atomic E-state index is 0.0392. The van der Waals surface area contributed by atoms with Crippen LogP contribution < -0.4 is 16.0 Å². The fourth-order valence-electron chi connectivity index (χ4n) is 3.37. The molecule has 0 saturated carbocycles. The van der Waals surface area contributed by atoms with Gasteiger partial charge in [-0.05, 0) is 24.1 Å². The van der Waals surface area contributed by atoms with Gasteiger partial charge in [0.1, 0.15) is 6.04 Å². The first-order valence-corrected chi connectivity index (χ1v) is 10.9. The summed E-state index contributed by atoms with van der Waals surface area (Å²) in [5.41, 5.74) is 1.67. The highest BCUT2D eigenvalue weighted by Crippen LogP contribution is 2.33. The summed E-state index contributed by atoms with van der Waals surface area (Å²) in [6, 6.07) is 15.0.